The summed E-state index contributed by atoms with van der Waals surface area (Å²) in [5, 5.41) is 6.84. The first kappa shape index (κ1) is 11.1. The maximum absolute atomic E-state index is 6.31. The quantitative estimate of drug-likeness (QED) is 0.775. The van der Waals surface area contributed by atoms with Gasteiger partial charge in [-0.2, -0.15) is 0 Å². The number of fused-ring (bicyclic) bond motifs is 1. The van der Waals surface area contributed by atoms with E-state index < -0.39 is 0 Å². The Kier molecular flexibility index (Phi) is 2.81. The molecule has 0 radical (unpaired) electrons. The summed E-state index contributed by atoms with van der Waals surface area (Å²) in [6.07, 6.45) is 3.31. The molecule has 1 unspecified atom stereocenters. The molecule has 0 aliphatic carbocycles. The van der Waals surface area contributed by atoms with Crippen molar-refractivity contribution in [2.75, 3.05) is 20.1 Å². The van der Waals surface area contributed by atoms with Gasteiger partial charge in [0.15, 0.2) is 0 Å². The molecule has 1 aromatic carbocycles. The van der Waals surface area contributed by atoms with Gasteiger partial charge in [-0.15, -0.1) is 0 Å². The highest BCUT2D eigenvalue weighted by atomic mass is 16.5. The topological polar surface area (TPSA) is 33.3 Å². The van der Waals surface area contributed by atoms with Crippen LogP contribution in [0.4, 0.5) is 0 Å². The molecule has 0 aromatic heterocycles. The lowest BCUT2D eigenvalue weighted by molar-refractivity contribution is 0.00412. The normalized spacial score (nSPS) is 26.3. The molecule has 1 fully saturated rings. The maximum atomic E-state index is 6.31. The molecule has 1 atom stereocenters. The Hall–Kier alpha value is -1.06. The van der Waals surface area contributed by atoms with E-state index in [9.17, 15) is 0 Å². The van der Waals surface area contributed by atoms with E-state index in [1.54, 1.807) is 0 Å². The lowest BCUT2D eigenvalue weighted by atomic mass is 9.81. The number of benzene rings is 1. The van der Waals surface area contributed by atoms with Gasteiger partial charge in [0.1, 0.15) is 11.4 Å². The summed E-state index contributed by atoms with van der Waals surface area (Å²) >= 11 is 0. The SMILES string of the molecule is CNC1CC2(CCNCC2)Oc2ccccc21. The zero-order chi connectivity index (χ0) is 11.7. The highest BCUT2D eigenvalue weighted by molar-refractivity contribution is 5.39. The number of para-hydroxylation sites is 1. The fourth-order valence-corrected chi connectivity index (χ4v) is 3.06. The standard InChI is InChI=1S/C14H20N2O/c1-15-12-10-14(6-8-16-9-7-14)17-13-5-3-2-4-11(12)13/h2-5,12,15-16H,6-10H2,1H3. The summed E-state index contributed by atoms with van der Waals surface area (Å²) in [6, 6.07) is 8.85. The smallest absolute Gasteiger partial charge is 0.124 e. The van der Waals surface area contributed by atoms with Crippen molar-refractivity contribution in [3.05, 3.63) is 29.8 Å². The minimum absolute atomic E-state index is 0.0489. The molecule has 1 saturated heterocycles. The number of nitrogens with one attached hydrogen (secondary N) is 2. The van der Waals surface area contributed by atoms with Crippen LogP contribution in [-0.2, 0) is 0 Å². The van der Waals surface area contributed by atoms with Gasteiger partial charge in [-0.3, -0.25) is 0 Å². The summed E-state index contributed by atoms with van der Waals surface area (Å²) in [5.74, 6) is 1.07. The second-order valence-corrected chi connectivity index (χ2v) is 5.12. The van der Waals surface area contributed by atoms with Gasteiger partial charge in [-0.25, -0.2) is 0 Å². The van der Waals surface area contributed by atoms with Crippen molar-refractivity contribution in [3.8, 4) is 5.75 Å². The van der Waals surface area contributed by atoms with Crippen LogP contribution < -0.4 is 15.4 Å². The molecule has 3 heteroatoms. The van der Waals surface area contributed by atoms with E-state index in [1.807, 2.05) is 7.05 Å². The number of hydrogen-bond donors (Lipinski definition) is 2. The van der Waals surface area contributed by atoms with Crippen molar-refractivity contribution in [2.24, 2.45) is 0 Å². The molecule has 2 N–H and O–H groups in total. The van der Waals surface area contributed by atoms with Crippen molar-refractivity contribution in [3.63, 3.8) is 0 Å². The molecular formula is C14H20N2O. The molecule has 17 heavy (non-hydrogen) atoms. The van der Waals surface area contributed by atoms with Crippen LogP contribution in [-0.4, -0.2) is 25.7 Å². The van der Waals surface area contributed by atoms with Crippen LogP contribution in [0.15, 0.2) is 24.3 Å². The molecule has 3 nitrogen and oxygen atoms in total. The molecule has 2 aliphatic heterocycles. The predicted molar refractivity (Wildman–Crippen MR) is 68.3 cm³/mol. The molecule has 0 amide bonds. The van der Waals surface area contributed by atoms with Crippen LogP contribution in [0.3, 0.4) is 0 Å². The molecule has 1 aromatic rings. The van der Waals surface area contributed by atoms with Crippen LogP contribution in [0.2, 0.25) is 0 Å². The number of piperidine rings is 1. The Labute approximate surface area is 103 Å². The fourth-order valence-electron chi connectivity index (χ4n) is 3.06. The molecule has 0 bridgehead atoms. The number of ether oxygens (including phenoxy) is 1. The highest BCUT2D eigenvalue weighted by Crippen LogP contribution is 2.42. The van der Waals surface area contributed by atoms with E-state index in [-0.39, 0.29) is 5.60 Å². The molecule has 92 valence electrons. The van der Waals surface area contributed by atoms with E-state index in [4.69, 9.17) is 4.74 Å². The van der Waals surface area contributed by atoms with E-state index in [2.05, 4.69) is 34.9 Å². The molecule has 1 spiro atoms. The summed E-state index contributed by atoms with van der Waals surface area (Å²) in [7, 11) is 2.04. The second-order valence-electron chi connectivity index (χ2n) is 5.12. The second kappa shape index (κ2) is 4.31. The Morgan fingerprint density at radius 3 is 2.82 bits per heavy atom. The summed E-state index contributed by atoms with van der Waals surface area (Å²) < 4.78 is 6.31. The average molecular weight is 232 g/mol. The summed E-state index contributed by atoms with van der Waals surface area (Å²) in [6.45, 7) is 2.14. The Bertz CT molecular complexity index is 399. The van der Waals surface area contributed by atoms with E-state index >= 15 is 0 Å². The molecule has 3 rings (SSSR count). The van der Waals surface area contributed by atoms with Gasteiger partial charge >= 0.3 is 0 Å². The lowest BCUT2D eigenvalue weighted by Crippen LogP contribution is -2.50. The molecular weight excluding hydrogens is 212 g/mol. The van der Waals surface area contributed by atoms with Crippen molar-refractivity contribution >= 4 is 0 Å². The van der Waals surface area contributed by atoms with Crippen molar-refractivity contribution in [1.82, 2.24) is 10.6 Å². The first-order valence-corrected chi connectivity index (χ1v) is 6.49. The van der Waals surface area contributed by atoms with Gasteiger partial charge in [-0.05, 0) is 39.0 Å². The van der Waals surface area contributed by atoms with Gasteiger partial charge < -0.3 is 15.4 Å². The minimum atomic E-state index is 0.0489. The van der Waals surface area contributed by atoms with E-state index in [1.165, 1.54) is 5.56 Å². The van der Waals surface area contributed by atoms with Gasteiger partial charge in [-0.1, -0.05) is 18.2 Å². The molecule has 2 aliphatic rings. The van der Waals surface area contributed by atoms with Gasteiger partial charge in [0.05, 0.1) is 0 Å². The van der Waals surface area contributed by atoms with E-state index in [0.29, 0.717) is 6.04 Å². The molecule has 0 saturated carbocycles. The first-order chi connectivity index (χ1) is 8.33. The third kappa shape index (κ3) is 1.94. The van der Waals surface area contributed by atoms with Gasteiger partial charge in [0.2, 0.25) is 0 Å². The van der Waals surface area contributed by atoms with Crippen LogP contribution in [0, 0.1) is 0 Å². The Morgan fingerprint density at radius 2 is 2.06 bits per heavy atom. The van der Waals surface area contributed by atoms with Crippen molar-refractivity contribution in [1.29, 1.82) is 0 Å². The lowest BCUT2D eigenvalue weighted by Gasteiger charge is -2.44. The largest absolute Gasteiger partial charge is 0.487 e. The average Bonchev–Trinajstić information content (AvgIpc) is 2.38. The highest BCUT2D eigenvalue weighted by Gasteiger charge is 2.41. The third-order valence-electron chi connectivity index (χ3n) is 4.06. The summed E-state index contributed by atoms with van der Waals surface area (Å²) in [5.41, 5.74) is 1.35. The monoisotopic (exact) mass is 232 g/mol. The Balaban J connectivity index is 1.94. The number of hydrogen-bond acceptors (Lipinski definition) is 3. The molecule has 2 heterocycles. The minimum Gasteiger partial charge on any atom is -0.487 e. The first-order valence-electron chi connectivity index (χ1n) is 6.49. The summed E-state index contributed by atoms with van der Waals surface area (Å²) in [4.78, 5) is 0. The third-order valence-corrected chi connectivity index (χ3v) is 4.06. The van der Waals surface area contributed by atoms with E-state index in [0.717, 1.165) is 38.1 Å². The van der Waals surface area contributed by atoms with Crippen LogP contribution >= 0.6 is 0 Å². The fraction of sp³-hybridized carbons (Fsp3) is 0.571. The van der Waals surface area contributed by atoms with Crippen LogP contribution in [0.25, 0.3) is 0 Å². The zero-order valence-electron chi connectivity index (χ0n) is 10.3. The zero-order valence-corrected chi connectivity index (χ0v) is 10.3. The van der Waals surface area contributed by atoms with Crippen molar-refractivity contribution in [2.45, 2.75) is 30.9 Å². The van der Waals surface area contributed by atoms with Crippen LogP contribution in [0.5, 0.6) is 5.75 Å². The predicted octanol–water partition coefficient (Wildman–Crippen LogP) is 1.85. The van der Waals surface area contributed by atoms with Crippen LogP contribution in [0.1, 0.15) is 30.9 Å². The van der Waals surface area contributed by atoms with Crippen molar-refractivity contribution < 1.29 is 4.74 Å². The van der Waals surface area contributed by atoms with Gasteiger partial charge in [0, 0.05) is 18.0 Å². The maximum Gasteiger partial charge on any atom is 0.124 e. The Morgan fingerprint density at radius 1 is 1.29 bits per heavy atom. The number of rotatable bonds is 1. The van der Waals surface area contributed by atoms with Gasteiger partial charge in [0.25, 0.3) is 0 Å².